The van der Waals surface area contributed by atoms with E-state index < -0.39 is 0 Å². The van der Waals surface area contributed by atoms with Crippen molar-refractivity contribution in [2.24, 2.45) is 0 Å². The average molecular weight is 246 g/mol. The van der Waals surface area contributed by atoms with Gasteiger partial charge in [-0.1, -0.05) is 12.1 Å². The van der Waals surface area contributed by atoms with Crippen LogP contribution in [0.4, 0.5) is 0 Å². The van der Waals surface area contributed by atoms with E-state index in [9.17, 15) is 0 Å². The Hall–Kier alpha value is -0.860. The molecule has 1 heterocycles. The lowest BCUT2D eigenvalue weighted by molar-refractivity contribution is 0.226. The van der Waals surface area contributed by atoms with Crippen molar-refractivity contribution in [3.8, 4) is 0 Å². The predicted molar refractivity (Wildman–Crippen MR) is 78.0 cm³/mol. The fraction of sp³-hybridized carbons (Fsp3) is 0.625. The largest absolute Gasteiger partial charge is 0.309 e. The number of hydrogen-bond donors (Lipinski definition) is 1. The molecule has 0 amide bonds. The third-order valence-corrected chi connectivity index (χ3v) is 4.16. The maximum absolute atomic E-state index is 3.71. The first kappa shape index (κ1) is 13.6. The topological polar surface area (TPSA) is 15.3 Å². The van der Waals surface area contributed by atoms with Gasteiger partial charge in [0.25, 0.3) is 0 Å². The first-order valence-electron chi connectivity index (χ1n) is 7.05. The molecule has 18 heavy (non-hydrogen) atoms. The summed E-state index contributed by atoms with van der Waals surface area (Å²) in [6.45, 7) is 10.1. The zero-order valence-electron chi connectivity index (χ0n) is 12.2. The maximum atomic E-state index is 3.71. The summed E-state index contributed by atoms with van der Waals surface area (Å²) in [5.41, 5.74) is 5.66. The Kier molecular flexibility index (Phi) is 4.41. The first-order valence-corrected chi connectivity index (χ1v) is 7.05. The van der Waals surface area contributed by atoms with Crippen LogP contribution in [0.2, 0.25) is 0 Å². The van der Waals surface area contributed by atoms with Gasteiger partial charge in [0, 0.05) is 19.1 Å². The molecule has 100 valence electrons. The van der Waals surface area contributed by atoms with Gasteiger partial charge in [-0.2, -0.15) is 0 Å². The highest BCUT2D eigenvalue weighted by atomic mass is 15.1. The molecule has 1 aromatic rings. The van der Waals surface area contributed by atoms with E-state index in [-0.39, 0.29) is 0 Å². The number of benzene rings is 1. The molecule has 0 saturated carbocycles. The van der Waals surface area contributed by atoms with Gasteiger partial charge in [0.1, 0.15) is 0 Å². The Morgan fingerprint density at radius 3 is 2.61 bits per heavy atom. The summed E-state index contributed by atoms with van der Waals surface area (Å²) in [4.78, 5) is 2.43. The number of likely N-dealkylation sites (tertiary alicyclic amines) is 1. The molecule has 1 N–H and O–H groups in total. The number of likely N-dealkylation sites (N-methyl/N-ethyl adjacent to an activating group) is 1. The van der Waals surface area contributed by atoms with Gasteiger partial charge in [-0.3, -0.25) is 0 Å². The van der Waals surface area contributed by atoms with Crippen LogP contribution in [0.5, 0.6) is 0 Å². The number of nitrogens with one attached hydrogen (secondary N) is 1. The Morgan fingerprint density at radius 1 is 1.17 bits per heavy atom. The first-order chi connectivity index (χ1) is 8.56. The summed E-state index contributed by atoms with van der Waals surface area (Å²) in [5.74, 6) is 0. The molecule has 0 bridgehead atoms. The fourth-order valence-electron chi connectivity index (χ4n) is 2.80. The predicted octanol–water partition coefficient (Wildman–Crippen LogP) is 2.80. The molecule has 2 nitrogen and oxygen atoms in total. The molecule has 1 aliphatic rings. The van der Waals surface area contributed by atoms with E-state index in [0.29, 0.717) is 6.04 Å². The minimum Gasteiger partial charge on any atom is -0.309 e. The SMILES string of the molecule is Cc1cc(C)c(CNC2CCCN(C)C2)cc1C. The van der Waals surface area contributed by atoms with Crippen LogP contribution in [-0.4, -0.2) is 31.1 Å². The lowest BCUT2D eigenvalue weighted by Gasteiger charge is -2.30. The maximum Gasteiger partial charge on any atom is 0.0211 e. The van der Waals surface area contributed by atoms with E-state index in [0.717, 1.165) is 6.54 Å². The smallest absolute Gasteiger partial charge is 0.0211 e. The second kappa shape index (κ2) is 5.85. The van der Waals surface area contributed by atoms with Gasteiger partial charge in [0.15, 0.2) is 0 Å². The molecule has 2 rings (SSSR count). The van der Waals surface area contributed by atoms with Crippen LogP contribution >= 0.6 is 0 Å². The third kappa shape index (κ3) is 3.33. The van der Waals surface area contributed by atoms with Crippen molar-refractivity contribution in [2.75, 3.05) is 20.1 Å². The van der Waals surface area contributed by atoms with Crippen LogP contribution in [0.15, 0.2) is 12.1 Å². The van der Waals surface area contributed by atoms with Crippen LogP contribution < -0.4 is 5.32 Å². The molecule has 0 aliphatic carbocycles. The highest BCUT2D eigenvalue weighted by Crippen LogP contribution is 2.16. The molecule has 1 unspecified atom stereocenters. The minimum absolute atomic E-state index is 0.657. The number of aryl methyl sites for hydroxylation is 3. The zero-order chi connectivity index (χ0) is 13.1. The molecule has 1 aromatic carbocycles. The number of rotatable bonds is 3. The van der Waals surface area contributed by atoms with E-state index in [1.807, 2.05) is 0 Å². The number of piperidine rings is 1. The van der Waals surface area contributed by atoms with Crippen molar-refractivity contribution in [3.05, 3.63) is 34.4 Å². The Balaban J connectivity index is 1.95. The molecule has 1 saturated heterocycles. The van der Waals surface area contributed by atoms with Crippen molar-refractivity contribution < 1.29 is 0 Å². The molecule has 2 heteroatoms. The summed E-state index contributed by atoms with van der Waals surface area (Å²) >= 11 is 0. The van der Waals surface area contributed by atoms with E-state index in [4.69, 9.17) is 0 Å². The standard InChI is InChI=1S/C16H26N2/c1-12-8-14(3)15(9-13(12)2)10-17-16-6-5-7-18(4)11-16/h8-9,16-17H,5-7,10-11H2,1-4H3. The number of nitrogens with zero attached hydrogens (tertiary/aromatic N) is 1. The van der Waals surface area contributed by atoms with Crippen molar-refractivity contribution in [1.82, 2.24) is 10.2 Å². The summed E-state index contributed by atoms with van der Waals surface area (Å²) < 4.78 is 0. The molecule has 1 fully saturated rings. The Bertz CT molecular complexity index is 412. The molecule has 0 spiro atoms. The van der Waals surface area contributed by atoms with Crippen molar-refractivity contribution in [3.63, 3.8) is 0 Å². The monoisotopic (exact) mass is 246 g/mol. The van der Waals surface area contributed by atoms with E-state index in [2.05, 4.69) is 50.2 Å². The van der Waals surface area contributed by atoms with Crippen molar-refractivity contribution >= 4 is 0 Å². The van der Waals surface area contributed by atoms with Crippen LogP contribution in [0.1, 0.15) is 35.1 Å². The molecule has 1 aliphatic heterocycles. The highest BCUT2D eigenvalue weighted by molar-refractivity contribution is 5.36. The summed E-state index contributed by atoms with van der Waals surface area (Å²) in [6, 6.07) is 5.30. The summed E-state index contributed by atoms with van der Waals surface area (Å²) in [5, 5.41) is 3.71. The Labute approximate surface area is 111 Å². The van der Waals surface area contributed by atoms with Crippen LogP contribution in [0, 0.1) is 20.8 Å². The quantitative estimate of drug-likeness (QED) is 0.882. The van der Waals surface area contributed by atoms with Crippen molar-refractivity contribution in [2.45, 2.75) is 46.2 Å². The number of hydrogen-bond acceptors (Lipinski definition) is 2. The van der Waals surface area contributed by atoms with E-state index in [1.165, 1.54) is 48.2 Å². The molecule has 0 radical (unpaired) electrons. The van der Waals surface area contributed by atoms with Gasteiger partial charge in [-0.25, -0.2) is 0 Å². The van der Waals surface area contributed by atoms with Gasteiger partial charge in [0.05, 0.1) is 0 Å². The minimum atomic E-state index is 0.657. The second-order valence-electron chi connectivity index (χ2n) is 5.85. The average Bonchev–Trinajstić information content (AvgIpc) is 2.32. The molecular formula is C16H26N2. The molecule has 0 aromatic heterocycles. The second-order valence-corrected chi connectivity index (χ2v) is 5.85. The Morgan fingerprint density at radius 2 is 1.89 bits per heavy atom. The lowest BCUT2D eigenvalue weighted by Crippen LogP contribution is -2.43. The molecule has 1 atom stereocenters. The van der Waals surface area contributed by atoms with Gasteiger partial charge >= 0.3 is 0 Å². The fourth-order valence-corrected chi connectivity index (χ4v) is 2.80. The lowest BCUT2D eigenvalue weighted by atomic mass is 10.00. The van der Waals surface area contributed by atoms with E-state index in [1.54, 1.807) is 0 Å². The van der Waals surface area contributed by atoms with Crippen LogP contribution in [-0.2, 0) is 6.54 Å². The summed E-state index contributed by atoms with van der Waals surface area (Å²) in [6.07, 6.45) is 2.63. The van der Waals surface area contributed by atoms with Crippen molar-refractivity contribution in [1.29, 1.82) is 0 Å². The third-order valence-electron chi connectivity index (χ3n) is 4.16. The van der Waals surface area contributed by atoms with Gasteiger partial charge in [-0.05, 0) is 69.5 Å². The van der Waals surface area contributed by atoms with Crippen LogP contribution in [0.25, 0.3) is 0 Å². The zero-order valence-corrected chi connectivity index (χ0v) is 12.2. The van der Waals surface area contributed by atoms with Gasteiger partial charge in [-0.15, -0.1) is 0 Å². The van der Waals surface area contributed by atoms with E-state index >= 15 is 0 Å². The normalized spacial score (nSPS) is 21.2. The molecular weight excluding hydrogens is 220 g/mol. The highest BCUT2D eigenvalue weighted by Gasteiger charge is 2.16. The van der Waals surface area contributed by atoms with Gasteiger partial charge < -0.3 is 10.2 Å². The van der Waals surface area contributed by atoms with Gasteiger partial charge in [0.2, 0.25) is 0 Å². The summed E-state index contributed by atoms with van der Waals surface area (Å²) in [7, 11) is 2.22. The van der Waals surface area contributed by atoms with Crippen LogP contribution in [0.3, 0.4) is 0 Å².